The zero-order valence-corrected chi connectivity index (χ0v) is 9.31. The number of carboxylic acid groups (broad SMARTS) is 1. The van der Waals surface area contributed by atoms with Gasteiger partial charge in [-0.25, -0.2) is 0 Å². The van der Waals surface area contributed by atoms with E-state index in [-0.39, 0.29) is 12.0 Å². The smallest absolute Gasteiger partial charge is 0.303 e. The van der Waals surface area contributed by atoms with Gasteiger partial charge in [0.15, 0.2) is 0 Å². The first kappa shape index (κ1) is 13.3. The van der Waals surface area contributed by atoms with E-state index in [2.05, 4.69) is 0 Å². The van der Waals surface area contributed by atoms with Crippen molar-refractivity contribution >= 4 is 16.1 Å². The van der Waals surface area contributed by atoms with E-state index in [1.165, 1.54) is 0 Å². The van der Waals surface area contributed by atoms with Crippen LogP contribution in [-0.2, 0) is 21.3 Å². The van der Waals surface area contributed by atoms with Crippen molar-refractivity contribution in [2.24, 2.45) is 0 Å². The van der Waals surface area contributed by atoms with Crippen molar-refractivity contribution in [1.82, 2.24) is 0 Å². The highest BCUT2D eigenvalue weighted by atomic mass is 32.2. The number of phenolic OH excluding ortho intramolecular Hbond substituents is 2. The van der Waals surface area contributed by atoms with E-state index in [4.69, 9.17) is 14.8 Å². The third kappa shape index (κ3) is 3.33. The van der Waals surface area contributed by atoms with Crippen molar-refractivity contribution in [2.75, 3.05) is 0 Å². The van der Waals surface area contributed by atoms with Crippen LogP contribution in [0, 0.1) is 0 Å². The molecule has 94 valence electrons. The number of aliphatic carboxylic acids is 1. The van der Waals surface area contributed by atoms with Gasteiger partial charge in [0.1, 0.15) is 16.4 Å². The van der Waals surface area contributed by atoms with Crippen LogP contribution >= 0.6 is 0 Å². The van der Waals surface area contributed by atoms with E-state index in [1.54, 1.807) is 0 Å². The maximum Gasteiger partial charge on any atom is 0.303 e. The molecule has 0 radical (unpaired) electrons. The summed E-state index contributed by atoms with van der Waals surface area (Å²) >= 11 is 0. The molecule has 0 saturated carbocycles. The summed E-state index contributed by atoms with van der Waals surface area (Å²) in [5, 5.41) is 27.0. The molecule has 0 aliphatic heterocycles. The molecule has 0 spiro atoms. The number of benzene rings is 1. The molecule has 7 nitrogen and oxygen atoms in total. The van der Waals surface area contributed by atoms with E-state index in [0.29, 0.717) is 0 Å². The summed E-state index contributed by atoms with van der Waals surface area (Å²) in [6, 6.07) is 1.61. The number of carboxylic acids is 1. The fraction of sp³-hybridized carbons (Fsp3) is 0.222. The van der Waals surface area contributed by atoms with E-state index < -0.39 is 38.9 Å². The van der Waals surface area contributed by atoms with Crippen LogP contribution in [0.3, 0.4) is 0 Å². The monoisotopic (exact) mass is 262 g/mol. The third-order valence-corrected chi connectivity index (χ3v) is 2.96. The highest BCUT2D eigenvalue weighted by Gasteiger charge is 2.20. The van der Waals surface area contributed by atoms with Crippen LogP contribution in [0.15, 0.2) is 17.0 Å². The molecule has 1 aromatic carbocycles. The van der Waals surface area contributed by atoms with E-state index >= 15 is 0 Å². The number of hydrogen-bond acceptors (Lipinski definition) is 5. The van der Waals surface area contributed by atoms with Gasteiger partial charge < -0.3 is 15.3 Å². The van der Waals surface area contributed by atoms with Crippen molar-refractivity contribution in [1.29, 1.82) is 0 Å². The minimum absolute atomic E-state index is 0.243. The quantitative estimate of drug-likeness (QED) is 0.576. The number of aromatic hydroxyl groups is 2. The first-order chi connectivity index (χ1) is 7.71. The second-order valence-corrected chi connectivity index (χ2v) is 4.70. The molecule has 1 rings (SSSR count). The largest absolute Gasteiger partial charge is 0.508 e. The molecule has 4 N–H and O–H groups in total. The van der Waals surface area contributed by atoms with Gasteiger partial charge in [-0.15, -0.1) is 0 Å². The van der Waals surface area contributed by atoms with Crippen molar-refractivity contribution in [2.45, 2.75) is 17.7 Å². The maximum absolute atomic E-state index is 11.0. The first-order valence-corrected chi connectivity index (χ1v) is 5.90. The van der Waals surface area contributed by atoms with Crippen molar-refractivity contribution < 1.29 is 33.1 Å². The van der Waals surface area contributed by atoms with Gasteiger partial charge in [0.2, 0.25) is 0 Å². The second-order valence-electron chi connectivity index (χ2n) is 3.31. The molecule has 8 heteroatoms. The maximum atomic E-state index is 11.0. The molecule has 17 heavy (non-hydrogen) atoms. The molecule has 0 saturated heterocycles. The Balaban J connectivity index is 3.31. The zero-order chi connectivity index (χ0) is 13.2. The lowest BCUT2D eigenvalue weighted by Gasteiger charge is -2.09. The molecule has 1 aromatic rings. The molecule has 0 aliphatic carbocycles. The lowest BCUT2D eigenvalue weighted by Crippen LogP contribution is -2.06. The fourth-order valence-corrected chi connectivity index (χ4v) is 2.12. The summed E-state index contributed by atoms with van der Waals surface area (Å²) < 4.78 is 30.9. The minimum Gasteiger partial charge on any atom is -0.508 e. The molecule has 0 aliphatic rings. The predicted molar refractivity (Wildman–Crippen MR) is 55.5 cm³/mol. The van der Waals surface area contributed by atoms with Crippen LogP contribution in [-0.4, -0.2) is 34.3 Å². The standard InChI is InChI=1S/C9H10O7S/c10-5-3-7(11)6(1-2-9(12)13)8(4-5)17(14,15)16/h3-4,10-11H,1-2H2,(H,12,13)(H,14,15,16). The number of hydrogen-bond donors (Lipinski definition) is 4. The zero-order valence-electron chi connectivity index (χ0n) is 8.49. The summed E-state index contributed by atoms with van der Waals surface area (Å²) in [6.45, 7) is 0. The van der Waals surface area contributed by atoms with Gasteiger partial charge in [0.25, 0.3) is 10.1 Å². The van der Waals surface area contributed by atoms with Crippen molar-refractivity contribution in [3.05, 3.63) is 17.7 Å². The summed E-state index contributed by atoms with van der Waals surface area (Å²) in [5.74, 6) is -2.31. The Kier molecular flexibility index (Phi) is 3.59. The van der Waals surface area contributed by atoms with Gasteiger partial charge >= 0.3 is 5.97 Å². The summed E-state index contributed by atoms with van der Waals surface area (Å²) in [6.07, 6.45) is -0.697. The van der Waals surface area contributed by atoms with Gasteiger partial charge in [0.05, 0.1) is 0 Å². The lowest BCUT2D eigenvalue weighted by molar-refractivity contribution is -0.136. The average Bonchev–Trinajstić information content (AvgIpc) is 2.13. The molecule has 0 atom stereocenters. The Bertz CT molecular complexity index is 547. The Morgan fingerprint density at radius 2 is 1.82 bits per heavy atom. The molecule has 0 unspecified atom stereocenters. The molecule has 0 bridgehead atoms. The van der Waals surface area contributed by atoms with Crippen LogP contribution in [0.2, 0.25) is 0 Å². The minimum atomic E-state index is -4.64. The van der Waals surface area contributed by atoms with Gasteiger partial charge in [-0.3, -0.25) is 9.35 Å². The van der Waals surface area contributed by atoms with Gasteiger partial charge in [-0.05, 0) is 6.42 Å². The van der Waals surface area contributed by atoms with Crippen LogP contribution in [0.1, 0.15) is 12.0 Å². The SMILES string of the molecule is O=C(O)CCc1c(O)cc(O)cc1S(=O)(=O)O. The Hall–Kier alpha value is -1.80. The second kappa shape index (κ2) is 4.60. The Morgan fingerprint density at radius 3 is 2.29 bits per heavy atom. The molecular formula is C9H10O7S. The van der Waals surface area contributed by atoms with Gasteiger partial charge in [-0.1, -0.05) is 0 Å². The molecule has 0 fully saturated rings. The van der Waals surface area contributed by atoms with E-state index in [9.17, 15) is 18.3 Å². The van der Waals surface area contributed by atoms with E-state index in [1.807, 2.05) is 0 Å². The van der Waals surface area contributed by atoms with Gasteiger partial charge in [0, 0.05) is 24.1 Å². The van der Waals surface area contributed by atoms with Crippen molar-refractivity contribution in [3.8, 4) is 11.5 Å². The Labute approximate surface area is 96.7 Å². The molecule has 0 amide bonds. The predicted octanol–water partition coefficient (Wildman–Crippen LogP) is 0.362. The summed E-state index contributed by atoms with van der Waals surface area (Å²) in [5.41, 5.74) is -0.243. The fourth-order valence-electron chi connectivity index (χ4n) is 1.33. The Morgan fingerprint density at radius 1 is 1.24 bits per heavy atom. The van der Waals surface area contributed by atoms with Crippen molar-refractivity contribution in [3.63, 3.8) is 0 Å². The normalized spacial score (nSPS) is 11.4. The number of phenols is 2. The highest BCUT2D eigenvalue weighted by molar-refractivity contribution is 7.85. The van der Waals surface area contributed by atoms with Crippen LogP contribution < -0.4 is 0 Å². The number of carbonyl (C=O) groups is 1. The molecular weight excluding hydrogens is 252 g/mol. The summed E-state index contributed by atoms with van der Waals surface area (Å²) in [4.78, 5) is 9.67. The third-order valence-electron chi connectivity index (χ3n) is 2.04. The molecule has 0 aromatic heterocycles. The van der Waals surface area contributed by atoms with Crippen LogP contribution in [0.4, 0.5) is 0 Å². The number of rotatable bonds is 4. The van der Waals surface area contributed by atoms with Gasteiger partial charge in [-0.2, -0.15) is 8.42 Å². The van der Waals surface area contributed by atoms with Crippen LogP contribution in [0.5, 0.6) is 11.5 Å². The average molecular weight is 262 g/mol. The lowest BCUT2D eigenvalue weighted by atomic mass is 10.1. The topological polar surface area (TPSA) is 132 Å². The van der Waals surface area contributed by atoms with E-state index in [0.717, 1.165) is 12.1 Å². The molecule has 0 heterocycles. The summed E-state index contributed by atoms with van der Waals surface area (Å²) in [7, 11) is -4.64. The first-order valence-electron chi connectivity index (χ1n) is 4.46. The highest BCUT2D eigenvalue weighted by Crippen LogP contribution is 2.31. The van der Waals surface area contributed by atoms with Crippen LogP contribution in [0.25, 0.3) is 0 Å².